The summed E-state index contributed by atoms with van der Waals surface area (Å²) in [6, 6.07) is -0.222. The molecular weight excluding hydrogens is 294 g/mol. The number of hydrogen-bond acceptors (Lipinski definition) is 3. The van der Waals surface area contributed by atoms with Gasteiger partial charge in [0.1, 0.15) is 0 Å². The maximum atomic E-state index is 12.0. The van der Waals surface area contributed by atoms with Crippen LogP contribution in [0.3, 0.4) is 0 Å². The highest BCUT2D eigenvalue weighted by Crippen LogP contribution is 2.19. The first-order valence-corrected chi connectivity index (χ1v) is 8.39. The lowest BCUT2D eigenvalue weighted by molar-refractivity contribution is -0.127. The standard InChI is InChI=1S/C16H27N5O2/c1-4-9-21-13(3)15(12(2)19-21)18-16(23)17-8-6-11-20-10-5-7-14(20)22/h4-11H2,1-3H3,(H2,17,18,23). The number of urea groups is 1. The van der Waals surface area contributed by atoms with Gasteiger partial charge in [0.05, 0.1) is 17.1 Å². The lowest BCUT2D eigenvalue weighted by atomic mass is 10.3. The molecule has 1 fully saturated rings. The van der Waals surface area contributed by atoms with Gasteiger partial charge >= 0.3 is 6.03 Å². The van der Waals surface area contributed by atoms with Crippen LogP contribution in [0.2, 0.25) is 0 Å². The predicted octanol–water partition coefficient (Wildman–Crippen LogP) is 2.04. The number of likely N-dealkylation sites (tertiary alicyclic amines) is 1. The Bertz CT molecular complexity index is 567. The molecule has 0 aromatic carbocycles. The summed E-state index contributed by atoms with van der Waals surface area (Å²) in [6.45, 7) is 8.92. The van der Waals surface area contributed by atoms with Crippen molar-refractivity contribution in [2.45, 2.75) is 53.0 Å². The molecule has 0 atom stereocenters. The van der Waals surface area contributed by atoms with Gasteiger partial charge in [-0.15, -0.1) is 0 Å². The first-order valence-electron chi connectivity index (χ1n) is 8.39. The van der Waals surface area contributed by atoms with E-state index in [4.69, 9.17) is 0 Å². The van der Waals surface area contributed by atoms with Crippen molar-refractivity contribution >= 4 is 17.6 Å². The maximum Gasteiger partial charge on any atom is 0.319 e. The zero-order valence-electron chi connectivity index (χ0n) is 14.3. The Morgan fingerprint density at radius 3 is 2.74 bits per heavy atom. The van der Waals surface area contributed by atoms with Crippen LogP contribution in [0.1, 0.15) is 44.0 Å². The van der Waals surface area contributed by atoms with Crippen LogP contribution in [0.5, 0.6) is 0 Å². The van der Waals surface area contributed by atoms with Crippen molar-refractivity contribution < 1.29 is 9.59 Å². The van der Waals surface area contributed by atoms with Crippen molar-refractivity contribution in [2.75, 3.05) is 25.0 Å². The van der Waals surface area contributed by atoms with Gasteiger partial charge in [-0.3, -0.25) is 9.48 Å². The molecule has 0 bridgehead atoms. The number of aromatic nitrogens is 2. The number of carbonyl (C=O) groups is 2. The Morgan fingerprint density at radius 2 is 2.09 bits per heavy atom. The second kappa shape index (κ2) is 7.99. The van der Waals surface area contributed by atoms with Crippen LogP contribution in [0.15, 0.2) is 0 Å². The molecule has 2 N–H and O–H groups in total. The largest absolute Gasteiger partial charge is 0.343 e. The van der Waals surface area contributed by atoms with E-state index in [-0.39, 0.29) is 11.9 Å². The smallest absolute Gasteiger partial charge is 0.319 e. The van der Waals surface area contributed by atoms with E-state index in [1.54, 1.807) is 0 Å². The Kier molecular flexibility index (Phi) is 6.01. The summed E-state index contributed by atoms with van der Waals surface area (Å²) < 4.78 is 1.92. The first-order chi connectivity index (χ1) is 11.0. The number of amides is 3. The molecule has 128 valence electrons. The maximum absolute atomic E-state index is 12.0. The minimum atomic E-state index is -0.222. The summed E-state index contributed by atoms with van der Waals surface area (Å²) in [5.41, 5.74) is 2.58. The highest BCUT2D eigenvalue weighted by Gasteiger charge is 2.19. The Morgan fingerprint density at radius 1 is 1.30 bits per heavy atom. The summed E-state index contributed by atoms with van der Waals surface area (Å²) in [5, 5.41) is 10.2. The van der Waals surface area contributed by atoms with Crippen LogP contribution >= 0.6 is 0 Å². The van der Waals surface area contributed by atoms with E-state index in [1.807, 2.05) is 23.4 Å². The van der Waals surface area contributed by atoms with E-state index < -0.39 is 0 Å². The molecular formula is C16H27N5O2. The van der Waals surface area contributed by atoms with E-state index in [9.17, 15) is 9.59 Å². The molecule has 1 saturated heterocycles. The van der Waals surface area contributed by atoms with Crippen LogP contribution < -0.4 is 10.6 Å². The van der Waals surface area contributed by atoms with Crippen molar-refractivity contribution in [3.8, 4) is 0 Å². The number of aryl methyl sites for hydroxylation is 2. The molecule has 1 aromatic rings. The van der Waals surface area contributed by atoms with E-state index in [0.717, 1.165) is 49.4 Å². The summed E-state index contributed by atoms with van der Waals surface area (Å²) >= 11 is 0. The van der Waals surface area contributed by atoms with Crippen molar-refractivity contribution in [3.05, 3.63) is 11.4 Å². The fourth-order valence-electron chi connectivity index (χ4n) is 2.88. The number of rotatable bonds is 7. The third kappa shape index (κ3) is 4.46. The van der Waals surface area contributed by atoms with Gasteiger partial charge in [0.2, 0.25) is 5.91 Å². The fraction of sp³-hybridized carbons (Fsp3) is 0.688. The van der Waals surface area contributed by atoms with Gasteiger partial charge in [-0.25, -0.2) is 4.79 Å². The molecule has 1 aliphatic rings. The SMILES string of the molecule is CCCn1nc(C)c(NC(=O)NCCCN2CCCC2=O)c1C. The highest BCUT2D eigenvalue weighted by atomic mass is 16.2. The second-order valence-corrected chi connectivity index (χ2v) is 5.99. The van der Waals surface area contributed by atoms with E-state index in [0.29, 0.717) is 19.5 Å². The summed E-state index contributed by atoms with van der Waals surface area (Å²) in [6.07, 6.45) is 3.39. The molecule has 23 heavy (non-hydrogen) atoms. The lowest BCUT2D eigenvalue weighted by Crippen LogP contribution is -2.33. The molecule has 0 unspecified atom stereocenters. The Hall–Kier alpha value is -2.05. The minimum Gasteiger partial charge on any atom is -0.343 e. The number of anilines is 1. The number of nitrogens with zero attached hydrogens (tertiary/aromatic N) is 3. The third-order valence-electron chi connectivity index (χ3n) is 4.12. The van der Waals surface area contributed by atoms with Gasteiger partial charge in [-0.1, -0.05) is 6.92 Å². The molecule has 2 heterocycles. The van der Waals surface area contributed by atoms with Crippen LogP contribution in [0.4, 0.5) is 10.5 Å². The molecule has 7 heteroatoms. The second-order valence-electron chi connectivity index (χ2n) is 5.99. The van der Waals surface area contributed by atoms with E-state index in [1.165, 1.54) is 0 Å². The number of nitrogens with one attached hydrogen (secondary N) is 2. The van der Waals surface area contributed by atoms with Crippen LogP contribution in [0, 0.1) is 13.8 Å². The van der Waals surface area contributed by atoms with Gasteiger partial charge in [0.15, 0.2) is 0 Å². The average Bonchev–Trinajstić information content (AvgIpc) is 3.03. The Balaban J connectivity index is 1.75. The lowest BCUT2D eigenvalue weighted by Gasteiger charge is -2.15. The number of hydrogen-bond donors (Lipinski definition) is 2. The van der Waals surface area contributed by atoms with Crippen LogP contribution in [-0.4, -0.2) is 46.3 Å². The molecule has 0 saturated carbocycles. The van der Waals surface area contributed by atoms with Crippen molar-refractivity contribution in [1.82, 2.24) is 20.0 Å². The molecule has 7 nitrogen and oxygen atoms in total. The van der Waals surface area contributed by atoms with E-state index >= 15 is 0 Å². The molecule has 2 rings (SSSR count). The molecule has 0 spiro atoms. The highest BCUT2D eigenvalue weighted by molar-refractivity contribution is 5.90. The van der Waals surface area contributed by atoms with Crippen molar-refractivity contribution in [2.24, 2.45) is 0 Å². The van der Waals surface area contributed by atoms with Gasteiger partial charge in [-0.05, 0) is 33.1 Å². The molecule has 0 aliphatic carbocycles. The summed E-state index contributed by atoms with van der Waals surface area (Å²) in [7, 11) is 0. The number of carbonyl (C=O) groups excluding carboxylic acids is 2. The van der Waals surface area contributed by atoms with Crippen LogP contribution in [-0.2, 0) is 11.3 Å². The Labute approximate surface area is 137 Å². The zero-order chi connectivity index (χ0) is 16.8. The molecule has 1 aliphatic heterocycles. The van der Waals surface area contributed by atoms with Gasteiger partial charge < -0.3 is 15.5 Å². The third-order valence-corrected chi connectivity index (χ3v) is 4.12. The van der Waals surface area contributed by atoms with E-state index in [2.05, 4.69) is 22.7 Å². The van der Waals surface area contributed by atoms with Crippen molar-refractivity contribution in [1.29, 1.82) is 0 Å². The monoisotopic (exact) mass is 321 g/mol. The van der Waals surface area contributed by atoms with Gasteiger partial charge in [-0.2, -0.15) is 5.10 Å². The minimum absolute atomic E-state index is 0.222. The first kappa shape index (κ1) is 17.3. The molecule has 1 aromatic heterocycles. The quantitative estimate of drug-likeness (QED) is 0.754. The van der Waals surface area contributed by atoms with Gasteiger partial charge in [0, 0.05) is 32.6 Å². The fourth-order valence-corrected chi connectivity index (χ4v) is 2.88. The average molecular weight is 321 g/mol. The van der Waals surface area contributed by atoms with Gasteiger partial charge in [0.25, 0.3) is 0 Å². The topological polar surface area (TPSA) is 79.3 Å². The zero-order valence-corrected chi connectivity index (χ0v) is 14.3. The summed E-state index contributed by atoms with van der Waals surface area (Å²) in [4.78, 5) is 25.4. The normalized spacial score (nSPS) is 14.4. The predicted molar refractivity (Wildman–Crippen MR) is 89.4 cm³/mol. The van der Waals surface area contributed by atoms with Crippen molar-refractivity contribution in [3.63, 3.8) is 0 Å². The molecule has 0 radical (unpaired) electrons. The van der Waals surface area contributed by atoms with Crippen LogP contribution in [0.25, 0.3) is 0 Å². The molecule has 3 amide bonds. The summed E-state index contributed by atoms with van der Waals surface area (Å²) in [5.74, 6) is 0.226.